The monoisotopic (exact) mass is 298 g/mol. The first kappa shape index (κ1) is 12.2. The number of aliphatic hydroxyl groups is 1. The van der Waals surface area contributed by atoms with Crippen molar-refractivity contribution in [1.82, 2.24) is 0 Å². The van der Waals surface area contributed by atoms with Crippen LogP contribution in [-0.2, 0) is 0 Å². The summed E-state index contributed by atoms with van der Waals surface area (Å²) in [5.74, 6) is -0.749. The van der Waals surface area contributed by atoms with Crippen molar-refractivity contribution < 1.29 is 13.9 Å². The molecular weight excluding hydrogens is 290 g/mol. The fourth-order valence-electron chi connectivity index (χ4n) is 1.52. The Bertz CT molecular complexity index is 525. The van der Waals surface area contributed by atoms with Crippen LogP contribution in [0.3, 0.4) is 0 Å². The molecule has 0 spiro atoms. The highest BCUT2D eigenvalue weighted by molar-refractivity contribution is 9.10. The molecule has 0 amide bonds. The zero-order valence-electron chi connectivity index (χ0n) is 8.70. The van der Waals surface area contributed by atoms with Crippen LogP contribution in [0.5, 0.6) is 0 Å². The smallest absolute Gasteiger partial charge is 0.137 e. The number of halogens is 3. The van der Waals surface area contributed by atoms with Crippen LogP contribution < -0.4 is 0 Å². The van der Waals surface area contributed by atoms with Gasteiger partial charge in [0, 0.05) is 0 Å². The molecule has 0 saturated heterocycles. The molecule has 2 aromatic rings. The summed E-state index contributed by atoms with van der Waals surface area (Å²) < 4.78 is 26.1. The van der Waals surface area contributed by atoms with Crippen molar-refractivity contribution in [2.75, 3.05) is 0 Å². The highest BCUT2D eigenvalue weighted by Crippen LogP contribution is 2.26. The summed E-state index contributed by atoms with van der Waals surface area (Å²) in [5, 5.41) is 10.0. The van der Waals surface area contributed by atoms with E-state index < -0.39 is 6.10 Å². The van der Waals surface area contributed by atoms with Crippen LogP contribution in [0, 0.1) is 11.6 Å². The summed E-state index contributed by atoms with van der Waals surface area (Å²) in [7, 11) is 0. The van der Waals surface area contributed by atoms with E-state index in [1.807, 2.05) is 0 Å². The van der Waals surface area contributed by atoms with Gasteiger partial charge < -0.3 is 5.11 Å². The van der Waals surface area contributed by atoms with Crippen molar-refractivity contribution in [2.45, 2.75) is 6.10 Å². The van der Waals surface area contributed by atoms with E-state index in [-0.39, 0.29) is 16.1 Å². The maximum absolute atomic E-state index is 13.0. The Morgan fingerprint density at radius 2 is 1.53 bits per heavy atom. The van der Waals surface area contributed by atoms with Crippen LogP contribution in [0.2, 0.25) is 0 Å². The van der Waals surface area contributed by atoms with Crippen molar-refractivity contribution in [1.29, 1.82) is 0 Å². The maximum Gasteiger partial charge on any atom is 0.137 e. The molecule has 0 heterocycles. The molecule has 1 unspecified atom stereocenters. The molecule has 2 rings (SSSR count). The Balaban J connectivity index is 2.33. The lowest BCUT2D eigenvalue weighted by Gasteiger charge is -2.12. The van der Waals surface area contributed by atoms with Gasteiger partial charge in [-0.2, -0.15) is 0 Å². The minimum atomic E-state index is -0.896. The summed E-state index contributed by atoms with van der Waals surface area (Å²) in [6.07, 6.45) is -0.896. The Morgan fingerprint density at radius 1 is 0.941 bits per heavy atom. The third-order valence-electron chi connectivity index (χ3n) is 2.45. The SMILES string of the molecule is OC(c1ccc(F)cc1)c1ccc(F)c(Br)c1. The van der Waals surface area contributed by atoms with Gasteiger partial charge in [0.15, 0.2) is 0 Å². The Morgan fingerprint density at radius 3 is 2.12 bits per heavy atom. The van der Waals surface area contributed by atoms with Gasteiger partial charge in [0.1, 0.15) is 17.7 Å². The van der Waals surface area contributed by atoms with Gasteiger partial charge in [-0.3, -0.25) is 0 Å². The van der Waals surface area contributed by atoms with Crippen LogP contribution in [-0.4, -0.2) is 5.11 Å². The van der Waals surface area contributed by atoms with Crippen molar-refractivity contribution in [3.63, 3.8) is 0 Å². The fourth-order valence-corrected chi connectivity index (χ4v) is 1.92. The number of hydrogen-bond acceptors (Lipinski definition) is 1. The van der Waals surface area contributed by atoms with Crippen LogP contribution in [0.15, 0.2) is 46.9 Å². The fraction of sp³-hybridized carbons (Fsp3) is 0.0769. The molecule has 2 aromatic carbocycles. The normalized spacial score (nSPS) is 12.5. The minimum Gasteiger partial charge on any atom is -0.384 e. The topological polar surface area (TPSA) is 20.2 Å². The van der Waals surface area contributed by atoms with E-state index >= 15 is 0 Å². The molecule has 0 radical (unpaired) electrons. The first-order chi connectivity index (χ1) is 8.08. The summed E-state index contributed by atoms with van der Waals surface area (Å²) >= 11 is 3.05. The lowest BCUT2D eigenvalue weighted by atomic mass is 10.0. The standard InChI is InChI=1S/C13H9BrF2O/c14-11-7-9(3-6-12(11)16)13(17)8-1-4-10(15)5-2-8/h1-7,13,17H. The van der Waals surface area contributed by atoms with Crippen molar-refractivity contribution in [3.8, 4) is 0 Å². The highest BCUT2D eigenvalue weighted by atomic mass is 79.9. The van der Waals surface area contributed by atoms with Gasteiger partial charge in [-0.15, -0.1) is 0 Å². The molecule has 1 N–H and O–H groups in total. The molecule has 1 nitrogen and oxygen atoms in total. The Labute approximate surface area is 106 Å². The van der Waals surface area contributed by atoms with E-state index in [1.165, 1.54) is 42.5 Å². The predicted molar refractivity (Wildman–Crippen MR) is 64.6 cm³/mol. The second-order valence-corrected chi connectivity index (χ2v) is 4.48. The summed E-state index contributed by atoms with van der Waals surface area (Å²) in [6, 6.07) is 9.81. The Hall–Kier alpha value is -1.26. The molecule has 4 heteroatoms. The average Bonchev–Trinajstić information content (AvgIpc) is 2.33. The number of hydrogen-bond donors (Lipinski definition) is 1. The quantitative estimate of drug-likeness (QED) is 0.894. The number of benzene rings is 2. The van der Waals surface area contributed by atoms with Crippen LogP contribution in [0.25, 0.3) is 0 Å². The largest absolute Gasteiger partial charge is 0.384 e. The van der Waals surface area contributed by atoms with Crippen LogP contribution in [0.1, 0.15) is 17.2 Å². The third kappa shape index (κ3) is 2.70. The van der Waals surface area contributed by atoms with E-state index in [0.29, 0.717) is 11.1 Å². The first-order valence-electron chi connectivity index (χ1n) is 4.96. The van der Waals surface area contributed by atoms with E-state index in [2.05, 4.69) is 15.9 Å². The van der Waals surface area contributed by atoms with Gasteiger partial charge in [0.05, 0.1) is 4.47 Å². The molecular formula is C13H9BrF2O. The van der Waals surface area contributed by atoms with Gasteiger partial charge >= 0.3 is 0 Å². The summed E-state index contributed by atoms with van der Waals surface area (Å²) in [5.41, 5.74) is 1.11. The van der Waals surface area contributed by atoms with Gasteiger partial charge in [-0.05, 0) is 51.3 Å². The van der Waals surface area contributed by atoms with Gasteiger partial charge in [0.25, 0.3) is 0 Å². The molecule has 0 fully saturated rings. The molecule has 0 aromatic heterocycles. The second-order valence-electron chi connectivity index (χ2n) is 3.63. The molecule has 1 atom stereocenters. The van der Waals surface area contributed by atoms with Gasteiger partial charge in [-0.25, -0.2) is 8.78 Å². The Kier molecular flexibility index (Phi) is 3.54. The maximum atomic E-state index is 13.0. The van der Waals surface area contributed by atoms with Crippen LogP contribution in [0.4, 0.5) is 8.78 Å². The number of aliphatic hydroxyl groups excluding tert-OH is 1. The van der Waals surface area contributed by atoms with E-state index in [0.717, 1.165) is 0 Å². The highest BCUT2D eigenvalue weighted by Gasteiger charge is 2.12. The van der Waals surface area contributed by atoms with Crippen molar-refractivity contribution in [2.24, 2.45) is 0 Å². The zero-order valence-corrected chi connectivity index (χ0v) is 10.3. The molecule has 17 heavy (non-hydrogen) atoms. The molecule has 0 saturated carbocycles. The van der Waals surface area contributed by atoms with Crippen molar-refractivity contribution >= 4 is 15.9 Å². The van der Waals surface area contributed by atoms with E-state index in [4.69, 9.17) is 0 Å². The summed E-state index contributed by atoms with van der Waals surface area (Å²) in [4.78, 5) is 0. The predicted octanol–water partition coefficient (Wildman–Crippen LogP) is 3.81. The van der Waals surface area contributed by atoms with Gasteiger partial charge in [-0.1, -0.05) is 18.2 Å². The van der Waals surface area contributed by atoms with Gasteiger partial charge in [0.2, 0.25) is 0 Å². The lowest BCUT2D eigenvalue weighted by Crippen LogP contribution is -2.00. The lowest BCUT2D eigenvalue weighted by molar-refractivity contribution is 0.220. The first-order valence-corrected chi connectivity index (χ1v) is 5.75. The average molecular weight is 299 g/mol. The third-order valence-corrected chi connectivity index (χ3v) is 3.05. The molecule has 88 valence electrons. The zero-order chi connectivity index (χ0) is 12.4. The van der Waals surface area contributed by atoms with E-state index in [1.54, 1.807) is 0 Å². The molecule has 0 bridgehead atoms. The number of rotatable bonds is 2. The van der Waals surface area contributed by atoms with E-state index in [9.17, 15) is 13.9 Å². The van der Waals surface area contributed by atoms with Crippen LogP contribution >= 0.6 is 15.9 Å². The summed E-state index contributed by atoms with van der Waals surface area (Å²) in [6.45, 7) is 0. The van der Waals surface area contributed by atoms with Crippen molar-refractivity contribution in [3.05, 3.63) is 69.7 Å². The molecule has 0 aliphatic rings. The second kappa shape index (κ2) is 4.94. The molecule has 0 aliphatic carbocycles. The minimum absolute atomic E-state index is 0.288. The molecule has 0 aliphatic heterocycles.